The topological polar surface area (TPSA) is 78.9 Å². The second-order valence-electron chi connectivity index (χ2n) is 10.5. The van der Waals surface area contributed by atoms with Crippen LogP contribution in [0.5, 0.6) is 0 Å². The number of amides is 1. The number of carbonyl (C=O) groups excluding carboxylic acids is 2. The van der Waals surface area contributed by atoms with Gasteiger partial charge >= 0.3 is 5.97 Å². The van der Waals surface area contributed by atoms with Crippen molar-refractivity contribution in [3.05, 3.63) is 124 Å². The molecule has 44 heavy (non-hydrogen) atoms. The largest absolute Gasteiger partial charge is 0.467 e. The second-order valence-corrected chi connectivity index (χ2v) is 11.5. The number of anilines is 1. The van der Waals surface area contributed by atoms with Gasteiger partial charge in [-0.25, -0.2) is 13.6 Å². The molecular formula is C35H36F2N2O4S. The van der Waals surface area contributed by atoms with E-state index in [1.165, 1.54) is 19.2 Å². The van der Waals surface area contributed by atoms with Gasteiger partial charge < -0.3 is 20.1 Å². The Morgan fingerprint density at radius 2 is 1.55 bits per heavy atom. The minimum Gasteiger partial charge on any atom is -0.467 e. The lowest BCUT2D eigenvalue weighted by atomic mass is 9.93. The van der Waals surface area contributed by atoms with Crippen LogP contribution in [-0.2, 0) is 29.2 Å². The molecule has 0 aliphatic heterocycles. The number of hydrogen-bond donors (Lipinski definition) is 2. The van der Waals surface area contributed by atoms with Crippen molar-refractivity contribution in [1.29, 1.82) is 0 Å². The number of halogens is 2. The smallest absolute Gasteiger partial charge is 0.328 e. The average Bonchev–Trinajstić information content (AvgIpc) is 3.02. The first kappa shape index (κ1) is 32.7. The molecule has 4 rings (SSSR count). The van der Waals surface area contributed by atoms with Gasteiger partial charge in [-0.05, 0) is 95.1 Å². The normalized spacial score (nSPS) is 11.6. The Morgan fingerprint density at radius 3 is 2.18 bits per heavy atom. The Balaban J connectivity index is 1.73. The zero-order valence-electron chi connectivity index (χ0n) is 25.0. The van der Waals surface area contributed by atoms with E-state index < -0.39 is 29.6 Å². The van der Waals surface area contributed by atoms with E-state index in [1.54, 1.807) is 30.0 Å². The summed E-state index contributed by atoms with van der Waals surface area (Å²) < 4.78 is 33.1. The molecule has 1 atom stereocenters. The first-order valence-electron chi connectivity index (χ1n) is 14.2. The molecule has 4 aromatic rings. The number of benzene rings is 4. The number of carbonyl (C=O) groups is 2. The molecule has 0 aliphatic carbocycles. The van der Waals surface area contributed by atoms with Gasteiger partial charge in [-0.15, -0.1) is 0 Å². The molecule has 0 aromatic heterocycles. The molecule has 0 heterocycles. The lowest BCUT2D eigenvalue weighted by Gasteiger charge is -2.26. The SMILES string of the molecule is COC(=O)C(CCSC)NC(=O)c1ccc(CN(Cc2cc(F)cc(F)c2)c2ccc(CO)cc2)cc1-c1ccccc1C. The van der Waals surface area contributed by atoms with Crippen LogP contribution in [0.25, 0.3) is 11.1 Å². The van der Waals surface area contributed by atoms with Gasteiger partial charge in [0.25, 0.3) is 5.91 Å². The minimum absolute atomic E-state index is 0.104. The first-order chi connectivity index (χ1) is 21.2. The lowest BCUT2D eigenvalue weighted by molar-refractivity contribution is -0.142. The van der Waals surface area contributed by atoms with Crippen LogP contribution in [-0.4, -0.2) is 42.1 Å². The summed E-state index contributed by atoms with van der Waals surface area (Å²) in [5.74, 6) is -1.53. The highest BCUT2D eigenvalue weighted by molar-refractivity contribution is 7.98. The number of thioether (sulfide) groups is 1. The monoisotopic (exact) mass is 618 g/mol. The molecule has 1 unspecified atom stereocenters. The Labute approximate surface area is 261 Å². The maximum absolute atomic E-state index is 14.1. The number of nitrogens with zero attached hydrogens (tertiary/aromatic N) is 1. The van der Waals surface area contributed by atoms with Crippen molar-refractivity contribution >= 4 is 29.3 Å². The van der Waals surface area contributed by atoms with E-state index in [0.717, 1.165) is 34.0 Å². The summed E-state index contributed by atoms with van der Waals surface area (Å²) in [6, 6.07) is 23.2. The molecule has 0 spiro atoms. The van der Waals surface area contributed by atoms with Crippen LogP contribution in [0.4, 0.5) is 14.5 Å². The van der Waals surface area contributed by atoms with Crippen LogP contribution in [0, 0.1) is 18.6 Å². The van der Waals surface area contributed by atoms with Crippen LogP contribution in [0.15, 0.2) is 84.9 Å². The van der Waals surface area contributed by atoms with E-state index in [4.69, 9.17) is 4.74 Å². The van der Waals surface area contributed by atoms with Crippen LogP contribution in [0.2, 0.25) is 0 Å². The highest BCUT2D eigenvalue weighted by atomic mass is 32.2. The van der Waals surface area contributed by atoms with Crippen molar-refractivity contribution < 1.29 is 28.2 Å². The summed E-state index contributed by atoms with van der Waals surface area (Å²) in [7, 11) is 1.30. The number of nitrogens with one attached hydrogen (secondary N) is 1. The van der Waals surface area contributed by atoms with E-state index in [0.29, 0.717) is 35.4 Å². The Bertz CT molecular complexity index is 1580. The quantitative estimate of drug-likeness (QED) is 0.163. The highest BCUT2D eigenvalue weighted by Crippen LogP contribution is 2.30. The standard InChI is InChI=1S/C35H36F2N2O4S/c1-23-6-4-5-7-30(23)32-18-25(10-13-31(32)34(41)38-33(14-15-44-3)35(42)43-2)20-39(29-11-8-24(22-40)9-12-29)21-26-16-27(36)19-28(37)17-26/h4-13,16-19,33,40H,14-15,20-22H2,1-3H3,(H,38,41). The molecule has 4 aromatic carbocycles. The average molecular weight is 619 g/mol. The Hall–Kier alpha value is -4.21. The molecule has 0 aliphatic rings. The maximum Gasteiger partial charge on any atom is 0.328 e. The van der Waals surface area contributed by atoms with Crippen molar-refractivity contribution in [3.8, 4) is 11.1 Å². The number of aliphatic hydroxyl groups is 1. The van der Waals surface area contributed by atoms with Crippen molar-refractivity contribution in [2.45, 2.75) is 39.1 Å². The number of aliphatic hydroxyl groups excluding tert-OH is 1. The number of aryl methyl sites for hydroxylation is 1. The van der Waals surface area contributed by atoms with E-state index in [1.807, 2.05) is 66.6 Å². The van der Waals surface area contributed by atoms with E-state index in [2.05, 4.69) is 5.32 Å². The van der Waals surface area contributed by atoms with Gasteiger partial charge in [-0.3, -0.25) is 4.79 Å². The van der Waals surface area contributed by atoms with Crippen molar-refractivity contribution in [3.63, 3.8) is 0 Å². The molecule has 0 fully saturated rings. The third-order valence-electron chi connectivity index (χ3n) is 7.32. The molecule has 0 bridgehead atoms. The zero-order chi connectivity index (χ0) is 31.6. The summed E-state index contributed by atoms with van der Waals surface area (Å²) in [5, 5.41) is 12.4. The fraction of sp³-hybridized carbons (Fsp3) is 0.257. The van der Waals surface area contributed by atoms with Crippen LogP contribution in [0.1, 0.15) is 39.0 Å². The third-order valence-corrected chi connectivity index (χ3v) is 7.96. The molecule has 230 valence electrons. The minimum atomic E-state index is -0.784. The summed E-state index contributed by atoms with van der Waals surface area (Å²) in [6.45, 7) is 2.43. The van der Waals surface area contributed by atoms with Crippen molar-refractivity contribution in [2.24, 2.45) is 0 Å². The Kier molecular flexibility index (Phi) is 11.5. The van der Waals surface area contributed by atoms with Gasteiger partial charge in [0.2, 0.25) is 0 Å². The van der Waals surface area contributed by atoms with Crippen LogP contribution >= 0.6 is 11.8 Å². The number of hydrogen-bond acceptors (Lipinski definition) is 6. The van der Waals surface area contributed by atoms with Gasteiger partial charge in [-0.2, -0.15) is 11.8 Å². The third kappa shape index (κ3) is 8.45. The summed E-state index contributed by atoms with van der Waals surface area (Å²) in [6.07, 6.45) is 2.36. The van der Waals surface area contributed by atoms with E-state index >= 15 is 0 Å². The fourth-order valence-electron chi connectivity index (χ4n) is 5.04. The van der Waals surface area contributed by atoms with Crippen molar-refractivity contribution in [1.82, 2.24) is 5.32 Å². The van der Waals surface area contributed by atoms with Gasteiger partial charge in [0.1, 0.15) is 17.7 Å². The summed E-state index contributed by atoms with van der Waals surface area (Å²) >= 11 is 1.57. The predicted octanol–water partition coefficient (Wildman–Crippen LogP) is 6.66. The molecule has 0 saturated heterocycles. The number of esters is 1. The summed E-state index contributed by atoms with van der Waals surface area (Å²) in [5.41, 5.74) is 5.79. The number of methoxy groups -OCH3 is 1. The molecule has 6 nitrogen and oxygen atoms in total. The fourth-order valence-corrected chi connectivity index (χ4v) is 5.51. The predicted molar refractivity (Wildman–Crippen MR) is 171 cm³/mol. The van der Waals surface area contributed by atoms with Crippen molar-refractivity contribution in [2.75, 3.05) is 24.0 Å². The lowest BCUT2D eigenvalue weighted by Crippen LogP contribution is -2.42. The first-order valence-corrected chi connectivity index (χ1v) is 15.6. The number of rotatable bonds is 13. The zero-order valence-corrected chi connectivity index (χ0v) is 25.8. The molecule has 9 heteroatoms. The summed E-state index contributed by atoms with van der Waals surface area (Å²) in [4.78, 5) is 28.0. The van der Waals surface area contributed by atoms with Gasteiger partial charge in [-0.1, -0.05) is 42.5 Å². The second kappa shape index (κ2) is 15.5. The van der Waals surface area contributed by atoms with Crippen LogP contribution in [0.3, 0.4) is 0 Å². The molecular weight excluding hydrogens is 582 g/mol. The maximum atomic E-state index is 14.1. The molecule has 1 amide bonds. The van der Waals surface area contributed by atoms with E-state index in [-0.39, 0.29) is 13.2 Å². The number of ether oxygens (including phenoxy) is 1. The molecule has 2 N–H and O–H groups in total. The Morgan fingerprint density at radius 1 is 0.886 bits per heavy atom. The molecule has 0 saturated carbocycles. The van der Waals surface area contributed by atoms with E-state index in [9.17, 15) is 23.5 Å². The van der Waals surface area contributed by atoms with Gasteiger partial charge in [0, 0.05) is 30.4 Å². The van der Waals surface area contributed by atoms with Crippen LogP contribution < -0.4 is 10.2 Å². The highest BCUT2D eigenvalue weighted by Gasteiger charge is 2.24. The van der Waals surface area contributed by atoms with Gasteiger partial charge in [0.15, 0.2) is 0 Å². The molecule has 0 radical (unpaired) electrons. The van der Waals surface area contributed by atoms with Gasteiger partial charge in [0.05, 0.1) is 13.7 Å².